The van der Waals surface area contributed by atoms with Crippen LogP contribution in [0.3, 0.4) is 0 Å². The molecule has 0 radical (unpaired) electrons. The van der Waals surface area contributed by atoms with Crippen molar-refractivity contribution < 1.29 is 0 Å². The van der Waals surface area contributed by atoms with Crippen LogP contribution in [0.25, 0.3) is 0 Å². The molecule has 0 unspecified atom stereocenters. The number of nitrogens with zero attached hydrogens (tertiary/aromatic N) is 3. The maximum absolute atomic E-state index is 4.04. The summed E-state index contributed by atoms with van der Waals surface area (Å²) >= 11 is 1.60. The first kappa shape index (κ1) is 12.4. The molecule has 1 rings (SSSR count). The summed E-state index contributed by atoms with van der Waals surface area (Å²) in [6.07, 6.45) is 0. The van der Waals surface area contributed by atoms with Gasteiger partial charge in [0.15, 0.2) is 0 Å². The van der Waals surface area contributed by atoms with Gasteiger partial charge in [0, 0.05) is 13.1 Å². The van der Waals surface area contributed by atoms with Crippen molar-refractivity contribution in [3.05, 3.63) is 5.01 Å². The molecule has 0 saturated carbocycles. The van der Waals surface area contributed by atoms with Gasteiger partial charge in [-0.3, -0.25) is 0 Å². The van der Waals surface area contributed by atoms with Crippen LogP contribution in [-0.4, -0.2) is 42.3 Å². The highest BCUT2D eigenvalue weighted by atomic mass is 32.1. The Bertz CT molecular complexity index is 306. The highest BCUT2D eigenvalue weighted by Gasteiger charge is 2.19. The summed E-state index contributed by atoms with van der Waals surface area (Å²) in [4.78, 5) is 2.20. The van der Waals surface area contributed by atoms with Gasteiger partial charge >= 0.3 is 0 Å². The van der Waals surface area contributed by atoms with E-state index in [-0.39, 0.29) is 5.41 Å². The van der Waals surface area contributed by atoms with Gasteiger partial charge in [-0.15, -0.1) is 10.2 Å². The normalized spacial score (nSPS) is 12.1. The average molecular weight is 228 g/mol. The third kappa shape index (κ3) is 4.57. The van der Waals surface area contributed by atoms with Crippen LogP contribution in [0.15, 0.2) is 0 Å². The van der Waals surface area contributed by atoms with Crippen LogP contribution in [0.1, 0.15) is 18.9 Å². The quantitative estimate of drug-likeness (QED) is 0.835. The van der Waals surface area contributed by atoms with Gasteiger partial charge in [-0.05, 0) is 26.4 Å². The topological polar surface area (TPSA) is 41.1 Å². The molecule has 0 bridgehead atoms. The fourth-order valence-electron chi connectivity index (χ4n) is 1.59. The van der Waals surface area contributed by atoms with E-state index in [1.165, 1.54) is 0 Å². The fourth-order valence-corrected chi connectivity index (χ4v) is 2.18. The first-order chi connectivity index (χ1) is 6.89. The minimum Gasteiger partial charge on any atom is -0.359 e. The van der Waals surface area contributed by atoms with E-state index in [0.29, 0.717) is 0 Å². The second kappa shape index (κ2) is 4.90. The van der Waals surface area contributed by atoms with Crippen molar-refractivity contribution in [3.63, 3.8) is 0 Å². The molecule has 1 aromatic heterocycles. The van der Waals surface area contributed by atoms with E-state index in [1.54, 1.807) is 11.3 Å². The lowest BCUT2D eigenvalue weighted by atomic mass is 9.93. The summed E-state index contributed by atoms with van der Waals surface area (Å²) in [7, 11) is 4.19. The molecule has 1 heterocycles. The molecule has 0 spiro atoms. The lowest BCUT2D eigenvalue weighted by Gasteiger charge is -2.28. The van der Waals surface area contributed by atoms with Gasteiger partial charge in [-0.2, -0.15) is 0 Å². The molecule has 1 N–H and O–H groups in total. The highest BCUT2D eigenvalue weighted by Crippen LogP contribution is 2.19. The molecule has 0 fully saturated rings. The van der Waals surface area contributed by atoms with Crippen LogP contribution in [0.4, 0.5) is 5.13 Å². The second-order valence-corrected chi connectivity index (χ2v) is 6.06. The summed E-state index contributed by atoms with van der Waals surface area (Å²) in [6, 6.07) is 0. The Labute approximate surface area is 95.7 Å². The fraction of sp³-hybridized carbons (Fsp3) is 0.800. The van der Waals surface area contributed by atoms with Crippen molar-refractivity contribution in [2.45, 2.75) is 20.8 Å². The third-order valence-corrected chi connectivity index (χ3v) is 2.78. The van der Waals surface area contributed by atoms with Gasteiger partial charge < -0.3 is 10.2 Å². The largest absolute Gasteiger partial charge is 0.359 e. The molecular formula is C10H20N4S. The number of aryl methyl sites for hydroxylation is 1. The highest BCUT2D eigenvalue weighted by molar-refractivity contribution is 7.15. The molecule has 4 nitrogen and oxygen atoms in total. The maximum Gasteiger partial charge on any atom is 0.205 e. The van der Waals surface area contributed by atoms with Gasteiger partial charge in [0.05, 0.1) is 0 Å². The summed E-state index contributed by atoms with van der Waals surface area (Å²) < 4.78 is 0. The molecule has 0 aromatic carbocycles. The molecule has 0 saturated heterocycles. The molecule has 5 heteroatoms. The average Bonchev–Trinajstić information content (AvgIpc) is 2.46. The van der Waals surface area contributed by atoms with Crippen molar-refractivity contribution >= 4 is 16.5 Å². The van der Waals surface area contributed by atoms with Crippen molar-refractivity contribution in [1.82, 2.24) is 15.1 Å². The Kier molecular flexibility index (Phi) is 4.04. The summed E-state index contributed by atoms with van der Waals surface area (Å²) in [5.74, 6) is 0. The smallest absolute Gasteiger partial charge is 0.205 e. The molecule has 0 atom stereocenters. The van der Waals surface area contributed by atoms with E-state index >= 15 is 0 Å². The van der Waals surface area contributed by atoms with E-state index in [2.05, 4.69) is 48.4 Å². The standard InChI is InChI=1S/C10H20N4S/c1-8-12-13-9(15-8)11-6-10(2,3)7-14(4)5/h6-7H2,1-5H3,(H,11,13). The van der Waals surface area contributed by atoms with Gasteiger partial charge in [0.2, 0.25) is 5.13 Å². The van der Waals surface area contributed by atoms with Crippen LogP contribution < -0.4 is 5.32 Å². The Balaban J connectivity index is 2.42. The molecule has 0 aliphatic carbocycles. The van der Waals surface area contributed by atoms with Gasteiger partial charge in [0.25, 0.3) is 0 Å². The first-order valence-corrected chi connectivity index (χ1v) is 5.89. The molecule has 86 valence electrons. The molecule has 0 aliphatic rings. The number of aromatic nitrogens is 2. The SMILES string of the molecule is Cc1nnc(NCC(C)(C)CN(C)C)s1. The Morgan fingerprint density at radius 1 is 1.33 bits per heavy atom. The molecule has 1 aromatic rings. The van der Waals surface area contributed by atoms with Gasteiger partial charge in [0.1, 0.15) is 5.01 Å². The number of nitrogens with one attached hydrogen (secondary N) is 1. The lowest BCUT2D eigenvalue weighted by Crippen LogP contribution is -2.34. The predicted molar refractivity (Wildman–Crippen MR) is 65.5 cm³/mol. The van der Waals surface area contributed by atoms with E-state index in [0.717, 1.165) is 23.2 Å². The number of hydrogen-bond acceptors (Lipinski definition) is 5. The molecular weight excluding hydrogens is 208 g/mol. The van der Waals surface area contributed by atoms with Gasteiger partial charge in [-0.1, -0.05) is 25.2 Å². The number of rotatable bonds is 5. The monoisotopic (exact) mass is 228 g/mol. The molecule has 0 amide bonds. The third-order valence-electron chi connectivity index (χ3n) is 1.99. The minimum atomic E-state index is 0.239. The van der Waals surface area contributed by atoms with Crippen molar-refractivity contribution in [2.75, 3.05) is 32.5 Å². The van der Waals surface area contributed by atoms with Gasteiger partial charge in [-0.25, -0.2) is 0 Å². The minimum absolute atomic E-state index is 0.239. The van der Waals surface area contributed by atoms with E-state index in [1.807, 2.05) is 6.92 Å². The van der Waals surface area contributed by atoms with E-state index in [4.69, 9.17) is 0 Å². The van der Waals surface area contributed by atoms with Crippen molar-refractivity contribution in [3.8, 4) is 0 Å². The maximum atomic E-state index is 4.04. The second-order valence-electron chi connectivity index (χ2n) is 4.88. The summed E-state index contributed by atoms with van der Waals surface area (Å²) in [6.45, 7) is 8.42. The Hall–Kier alpha value is -0.680. The number of hydrogen-bond donors (Lipinski definition) is 1. The van der Waals surface area contributed by atoms with Crippen LogP contribution in [0.2, 0.25) is 0 Å². The predicted octanol–water partition coefficient (Wildman–Crippen LogP) is 1.85. The van der Waals surface area contributed by atoms with Crippen LogP contribution in [0.5, 0.6) is 0 Å². The lowest BCUT2D eigenvalue weighted by molar-refractivity contribution is 0.254. The molecule has 0 aliphatic heterocycles. The zero-order valence-corrected chi connectivity index (χ0v) is 11.0. The zero-order chi connectivity index (χ0) is 11.5. The molecule has 15 heavy (non-hydrogen) atoms. The number of anilines is 1. The van der Waals surface area contributed by atoms with Crippen LogP contribution >= 0.6 is 11.3 Å². The first-order valence-electron chi connectivity index (χ1n) is 5.08. The van der Waals surface area contributed by atoms with E-state index in [9.17, 15) is 0 Å². The summed E-state index contributed by atoms with van der Waals surface area (Å²) in [5, 5.41) is 13.3. The van der Waals surface area contributed by atoms with E-state index < -0.39 is 0 Å². The Morgan fingerprint density at radius 3 is 2.47 bits per heavy atom. The summed E-state index contributed by atoms with van der Waals surface area (Å²) in [5.41, 5.74) is 0.239. The van der Waals surface area contributed by atoms with Crippen LogP contribution in [-0.2, 0) is 0 Å². The van der Waals surface area contributed by atoms with Crippen molar-refractivity contribution in [1.29, 1.82) is 0 Å². The van der Waals surface area contributed by atoms with Crippen LogP contribution in [0, 0.1) is 12.3 Å². The van der Waals surface area contributed by atoms with Crippen molar-refractivity contribution in [2.24, 2.45) is 5.41 Å². The zero-order valence-electron chi connectivity index (χ0n) is 10.2. The Morgan fingerprint density at radius 2 is 2.00 bits per heavy atom.